The average Bonchev–Trinajstić information content (AvgIpc) is 2.65. The Labute approximate surface area is 88.8 Å². The van der Waals surface area contributed by atoms with E-state index >= 15 is 0 Å². The first-order valence-corrected chi connectivity index (χ1v) is 4.97. The topological polar surface area (TPSA) is 38.1 Å². The maximum Gasteiger partial charge on any atom is 0.139 e. The number of hydrogen-bond donors (Lipinski definition) is 1. The molecule has 2 rings (SSSR count). The van der Waals surface area contributed by atoms with Crippen molar-refractivity contribution in [2.45, 2.75) is 13.8 Å². The highest BCUT2D eigenvalue weighted by atomic mass is 16.3. The molecule has 78 valence electrons. The summed E-state index contributed by atoms with van der Waals surface area (Å²) in [6.45, 7) is 4.95. The van der Waals surface area contributed by atoms with Gasteiger partial charge in [-0.2, -0.15) is 0 Å². The Kier molecular flexibility index (Phi) is 2.72. The SMILES string of the molecule is CC(C)=CCNc1nccc2occc12. The molecule has 0 aromatic carbocycles. The average molecular weight is 202 g/mol. The van der Waals surface area contributed by atoms with E-state index in [0.29, 0.717) is 0 Å². The normalized spacial score (nSPS) is 10.3. The molecule has 0 aliphatic heterocycles. The molecule has 0 radical (unpaired) electrons. The van der Waals surface area contributed by atoms with Gasteiger partial charge < -0.3 is 9.73 Å². The molecule has 0 aliphatic rings. The minimum atomic E-state index is 0.791. The fraction of sp³-hybridized carbons (Fsp3) is 0.250. The van der Waals surface area contributed by atoms with Crippen molar-refractivity contribution in [2.75, 3.05) is 11.9 Å². The van der Waals surface area contributed by atoms with Crippen LogP contribution in [0.2, 0.25) is 0 Å². The highest BCUT2D eigenvalue weighted by Gasteiger charge is 2.02. The van der Waals surface area contributed by atoms with Gasteiger partial charge in [-0.25, -0.2) is 4.98 Å². The van der Waals surface area contributed by atoms with Gasteiger partial charge in [0.1, 0.15) is 11.4 Å². The number of pyridine rings is 1. The zero-order chi connectivity index (χ0) is 10.7. The first-order valence-electron chi connectivity index (χ1n) is 4.97. The molecule has 0 saturated carbocycles. The number of fused-ring (bicyclic) bond motifs is 1. The van der Waals surface area contributed by atoms with Crippen molar-refractivity contribution < 1.29 is 4.42 Å². The predicted octanol–water partition coefficient (Wildman–Crippen LogP) is 3.21. The Morgan fingerprint density at radius 1 is 1.47 bits per heavy atom. The molecule has 2 heterocycles. The van der Waals surface area contributed by atoms with Gasteiger partial charge in [0.25, 0.3) is 0 Å². The zero-order valence-corrected chi connectivity index (χ0v) is 8.95. The van der Waals surface area contributed by atoms with Crippen LogP contribution in [-0.2, 0) is 0 Å². The first kappa shape index (κ1) is 9.77. The largest absolute Gasteiger partial charge is 0.464 e. The van der Waals surface area contributed by atoms with Crippen LogP contribution in [-0.4, -0.2) is 11.5 Å². The molecular weight excluding hydrogens is 188 g/mol. The van der Waals surface area contributed by atoms with Crippen LogP contribution in [0.15, 0.2) is 40.7 Å². The van der Waals surface area contributed by atoms with Crippen molar-refractivity contribution in [2.24, 2.45) is 0 Å². The van der Waals surface area contributed by atoms with E-state index in [2.05, 4.69) is 30.2 Å². The second kappa shape index (κ2) is 4.17. The van der Waals surface area contributed by atoms with Crippen molar-refractivity contribution in [1.29, 1.82) is 0 Å². The standard InChI is InChI=1S/C12H14N2O/c1-9(2)3-6-13-12-10-5-8-15-11(10)4-7-14-12/h3-5,7-8H,6H2,1-2H3,(H,13,14). The Hall–Kier alpha value is -1.77. The van der Waals surface area contributed by atoms with Crippen LogP contribution >= 0.6 is 0 Å². The van der Waals surface area contributed by atoms with Gasteiger partial charge in [0.15, 0.2) is 0 Å². The highest BCUT2D eigenvalue weighted by molar-refractivity contribution is 5.87. The van der Waals surface area contributed by atoms with Gasteiger partial charge in [0.2, 0.25) is 0 Å². The molecule has 0 unspecified atom stereocenters. The van der Waals surface area contributed by atoms with Crippen molar-refractivity contribution in [3.05, 3.63) is 36.2 Å². The van der Waals surface area contributed by atoms with Crippen LogP contribution in [0.5, 0.6) is 0 Å². The van der Waals surface area contributed by atoms with E-state index in [4.69, 9.17) is 4.42 Å². The van der Waals surface area contributed by atoms with E-state index < -0.39 is 0 Å². The van der Waals surface area contributed by atoms with E-state index in [1.54, 1.807) is 12.5 Å². The van der Waals surface area contributed by atoms with E-state index in [1.165, 1.54) is 5.57 Å². The zero-order valence-electron chi connectivity index (χ0n) is 8.95. The summed E-state index contributed by atoms with van der Waals surface area (Å²) in [6, 6.07) is 3.79. The van der Waals surface area contributed by atoms with Gasteiger partial charge in [-0.3, -0.25) is 0 Å². The summed E-state index contributed by atoms with van der Waals surface area (Å²) in [5.41, 5.74) is 2.16. The Morgan fingerprint density at radius 3 is 3.13 bits per heavy atom. The fourth-order valence-corrected chi connectivity index (χ4v) is 1.39. The second-order valence-corrected chi connectivity index (χ2v) is 3.65. The molecule has 0 amide bonds. The molecule has 0 spiro atoms. The van der Waals surface area contributed by atoms with Gasteiger partial charge in [0.05, 0.1) is 11.6 Å². The third-order valence-corrected chi connectivity index (χ3v) is 2.16. The number of nitrogens with one attached hydrogen (secondary N) is 1. The second-order valence-electron chi connectivity index (χ2n) is 3.65. The minimum absolute atomic E-state index is 0.791. The molecule has 0 fully saturated rings. The van der Waals surface area contributed by atoms with Crippen LogP contribution in [0.4, 0.5) is 5.82 Å². The summed E-state index contributed by atoms with van der Waals surface area (Å²) in [5.74, 6) is 0.874. The lowest BCUT2D eigenvalue weighted by Crippen LogP contribution is -2.00. The summed E-state index contributed by atoms with van der Waals surface area (Å²) in [4.78, 5) is 4.28. The maximum absolute atomic E-state index is 5.29. The Morgan fingerprint density at radius 2 is 2.33 bits per heavy atom. The van der Waals surface area contributed by atoms with Crippen LogP contribution in [0.1, 0.15) is 13.8 Å². The molecule has 0 bridgehead atoms. The predicted molar refractivity (Wildman–Crippen MR) is 61.9 cm³/mol. The number of anilines is 1. The van der Waals surface area contributed by atoms with Crippen LogP contribution < -0.4 is 5.32 Å². The molecule has 2 aromatic rings. The fourth-order valence-electron chi connectivity index (χ4n) is 1.39. The van der Waals surface area contributed by atoms with Crippen molar-refractivity contribution >= 4 is 16.8 Å². The Bertz CT molecular complexity index is 481. The van der Waals surface area contributed by atoms with Gasteiger partial charge in [-0.15, -0.1) is 0 Å². The third-order valence-electron chi connectivity index (χ3n) is 2.16. The number of nitrogens with zero attached hydrogens (tertiary/aromatic N) is 1. The van der Waals surface area contributed by atoms with Gasteiger partial charge in [-0.1, -0.05) is 11.6 Å². The molecule has 15 heavy (non-hydrogen) atoms. The molecule has 3 nitrogen and oxygen atoms in total. The molecule has 0 saturated heterocycles. The quantitative estimate of drug-likeness (QED) is 0.776. The summed E-state index contributed by atoms with van der Waals surface area (Å²) in [7, 11) is 0. The molecule has 3 heteroatoms. The van der Waals surface area contributed by atoms with Gasteiger partial charge >= 0.3 is 0 Å². The number of allylic oxidation sites excluding steroid dienone is 1. The summed E-state index contributed by atoms with van der Waals surface area (Å²) >= 11 is 0. The minimum Gasteiger partial charge on any atom is -0.464 e. The van der Waals surface area contributed by atoms with E-state index in [0.717, 1.165) is 23.3 Å². The van der Waals surface area contributed by atoms with E-state index in [-0.39, 0.29) is 0 Å². The number of rotatable bonds is 3. The highest BCUT2D eigenvalue weighted by Crippen LogP contribution is 2.21. The number of furan rings is 1. The summed E-state index contributed by atoms with van der Waals surface area (Å²) < 4.78 is 5.29. The van der Waals surface area contributed by atoms with Crippen molar-refractivity contribution in [3.63, 3.8) is 0 Å². The summed E-state index contributed by atoms with van der Waals surface area (Å²) in [6.07, 6.45) is 5.55. The maximum atomic E-state index is 5.29. The Balaban J connectivity index is 2.20. The lowest BCUT2D eigenvalue weighted by atomic mass is 10.3. The van der Waals surface area contributed by atoms with Crippen molar-refractivity contribution in [3.8, 4) is 0 Å². The van der Waals surface area contributed by atoms with Crippen LogP contribution in [0.25, 0.3) is 11.0 Å². The van der Waals surface area contributed by atoms with Gasteiger partial charge in [0, 0.05) is 12.7 Å². The van der Waals surface area contributed by atoms with E-state index in [1.807, 2.05) is 12.1 Å². The van der Waals surface area contributed by atoms with E-state index in [9.17, 15) is 0 Å². The molecule has 0 atom stereocenters. The smallest absolute Gasteiger partial charge is 0.139 e. The molecule has 0 aliphatic carbocycles. The number of aromatic nitrogens is 1. The lowest BCUT2D eigenvalue weighted by Gasteiger charge is -2.03. The molecule has 1 N–H and O–H groups in total. The van der Waals surface area contributed by atoms with Crippen LogP contribution in [0, 0.1) is 0 Å². The number of hydrogen-bond acceptors (Lipinski definition) is 3. The first-order chi connectivity index (χ1) is 7.27. The molecular formula is C12H14N2O. The van der Waals surface area contributed by atoms with Gasteiger partial charge in [-0.05, 0) is 26.0 Å². The third kappa shape index (κ3) is 2.18. The monoisotopic (exact) mass is 202 g/mol. The summed E-state index contributed by atoms with van der Waals surface area (Å²) in [5, 5.41) is 4.29. The lowest BCUT2D eigenvalue weighted by molar-refractivity contribution is 0.615. The molecule has 2 aromatic heterocycles. The van der Waals surface area contributed by atoms with Crippen LogP contribution in [0.3, 0.4) is 0 Å². The van der Waals surface area contributed by atoms with Crippen molar-refractivity contribution in [1.82, 2.24) is 4.98 Å².